The number of ether oxygens (including phenoxy) is 2. The highest BCUT2D eigenvalue weighted by molar-refractivity contribution is 7.10. The summed E-state index contributed by atoms with van der Waals surface area (Å²) in [6.45, 7) is 0.384. The van der Waals surface area contributed by atoms with E-state index in [0.717, 1.165) is 4.88 Å². The smallest absolute Gasteiger partial charge is 0.295 e. The molecule has 0 saturated carbocycles. The summed E-state index contributed by atoms with van der Waals surface area (Å²) in [6, 6.07) is 9.59. The van der Waals surface area contributed by atoms with Gasteiger partial charge in [0.05, 0.1) is 38.5 Å². The maximum atomic E-state index is 12.7. The van der Waals surface area contributed by atoms with E-state index in [1.807, 2.05) is 17.5 Å². The average Bonchev–Trinajstić information content (AvgIpc) is 3.33. The second-order valence-corrected chi connectivity index (χ2v) is 7.05. The molecule has 1 aliphatic heterocycles. The van der Waals surface area contributed by atoms with Crippen LogP contribution in [0.4, 0.5) is 0 Å². The average molecular weight is 403 g/mol. The third-order valence-corrected chi connectivity index (χ3v) is 5.35. The molecule has 2 aromatic rings. The zero-order valence-corrected chi connectivity index (χ0v) is 16.1. The van der Waals surface area contributed by atoms with Gasteiger partial charge >= 0.3 is 0 Å². The Morgan fingerprint density at radius 3 is 2.54 bits per heavy atom. The fraction of sp³-hybridized carbons (Fsp3) is 0.300. The normalized spacial score (nSPS) is 18.6. The Labute approximate surface area is 166 Å². The number of thiophene rings is 1. The highest BCUT2D eigenvalue weighted by Crippen LogP contribution is 2.40. The lowest BCUT2D eigenvalue weighted by molar-refractivity contribution is -0.140. The molecule has 1 atom stereocenters. The molecule has 7 nitrogen and oxygen atoms in total. The number of amides is 1. The number of methoxy groups -OCH3 is 1. The number of carbonyl (C=O) groups is 2. The van der Waals surface area contributed by atoms with Crippen molar-refractivity contribution in [1.29, 1.82) is 0 Å². The van der Waals surface area contributed by atoms with Gasteiger partial charge in [-0.05, 0) is 35.7 Å². The standard InChI is InChI=1S/C20H21NO6S/c1-26-14-6-4-13(5-7-14)18(23)16-17(15-3-2-12-28-15)21(20(25)19(16)24)8-10-27-11-9-22/h2-7,12,17,22-23H,8-11H2,1H3/b18-16+. The predicted molar refractivity (Wildman–Crippen MR) is 104 cm³/mol. The number of aliphatic hydroxyl groups excluding tert-OH is 2. The zero-order chi connectivity index (χ0) is 20.1. The van der Waals surface area contributed by atoms with Crippen molar-refractivity contribution in [2.45, 2.75) is 6.04 Å². The summed E-state index contributed by atoms with van der Waals surface area (Å²) in [5, 5.41) is 21.5. The van der Waals surface area contributed by atoms with Crippen LogP contribution in [0.2, 0.25) is 0 Å². The van der Waals surface area contributed by atoms with Gasteiger partial charge in [0, 0.05) is 17.0 Å². The van der Waals surface area contributed by atoms with Gasteiger partial charge in [0.2, 0.25) is 0 Å². The first-order chi connectivity index (χ1) is 13.6. The van der Waals surface area contributed by atoms with Crippen LogP contribution in [0.1, 0.15) is 16.5 Å². The Morgan fingerprint density at radius 1 is 1.18 bits per heavy atom. The molecule has 1 fully saturated rings. The Hall–Kier alpha value is -2.68. The molecule has 1 aromatic carbocycles. The van der Waals surface area contributed by atoms with Crippen LogP contribution in [-0.2, 0) is 14.3 Å². The number of likely N-dealkylation sites (tertiary alicyclic amines) is 1. The first-order valence-corrected chi connectivity index (χ1v) is 9.61. The van der Waals surface area contributed by atoms with Crippen molar-refractivity contribution >= 4 is 28.8 Å². The Morgan fingerprint density at radius 2 is 1.93 bits per heavy atom. The van der Waals surface area contributed by atoms with Crippen LogP contribution in [0.25, 0.3) is 5.76 Å². The number of benzene rings is 1. The van der Waals surface area contributed by atoms with Gasteiger partial charge in [0.25, 0.3) is 11.7 Å². The number of rotatable bonds is 8. The molecular formula is C20H21NO6S. The molecule has 0 spiro atoms. The van der Waals surface area contributed by atoms with Gasteiger partial charge in [0.15, 0.2) is 0 Å². The van der Waals surface area contributed by atoms with Gasteiger partial charge < -0.3 is 24.6 Å². The van der Waals surface area contributed by atoms with E-state index in [0.29, 0.717) is 11.3 Å². The van der Waals surface area contributed by atoms with E-state index >= 15 is 0 Å². The van der Waals surface area contributed by atoms with Crippen LogP contribution in [0.5, 0.6) is 5.75 Å². The summed E-state index contributed by atoms with van der Waals surface area (Å²) >= 11 is 1.40. The first-order valence-electron chi connectivity index (χ1n) is 8.73. The van der Waals surface area contributed by atoms with Gasteiger partial charge in [0.1, 0.15) is 11.5 Å². The molecule has 8 heteroatoms. The van der Waals surface area contributed by atoms with Gasteiger partial charge in [-0.1, -0.05) is 6.07 Å². The van der Waals surface area contributed by atoms with Crippen molar-refractivity contribution in [2.24, 2.45) is 0 Å². The topological polar surface area (TPSA) is 96.3 Å². The minimum absolute atomic E-state index is 0.0553. The van der Waals surface area contributed by atoms with Gasteiger partial charge in [-0.25, -0.2) is 0 Å². The summed E-state index contributed by atoms with van der Waals surface area (Å²) in [5.41, 5.74) is 0.483. The van der Waals surface area contributed by atoms with Crippen molar-refractivity contribution in [3.8, 4) is 5.75 Å². The molecule has 0 aliphatic carbocycles. The lowest BCUT2D eigenvalue weighted by Crippen LogP contribution is -2.32. The molecule has 3 rings (SSSR count). The molecule has 0 radical (unpaired) electrons. The van der Waals surface area contributed by atoms with E-state index in [1.54, 1.807) is 24.3 Å². The number of hydrogen-bond donors (Lipinski definition) is 2. The molecule has 0 bridgehead atoms. The molecule has 28 heavy (non-hydrogen) atoms. The fourth-order valence-electron chi connectivity index (χ4n) is 3.09. The lowest BCUT2D eigenvalue weighted by atomic mass is 10.00. The molecule has 2 N–H and O–H groups in total. The van der Waals surface area contributed by atoms with E-state index in [1.165, 1.54) is 23.3 Å². The number of aliphatic hydroxyl groups is 2. The maximum absolute atomic E-state index is 12.7. The Bertz CT molecular complexity index is 859. The monoisotopic (exact) mass is 403 g/mol. The van der Waals surface area contributed by atoms with E-state index in [4.69, 9.17) is 14.6 Å². The van der Waals surface area contributed by atoms with Crippen LogP contribution in [-0.4, -0.2) is 60.3 Å². The maximum Gasteiger partial charge on any atom is 0.295 e. The summed E-state index contributed by atoms with van der Waals surface area (Å²) in [6.07, 6.45) is 0. The summed E-state index contributed by atoms with van der Waals surface area (Å²) in [4.78, 5) is 27.5. The summed E-state index contributed by atoms with van der Waals surface area (Å²) < 4.78 is 10.4. The second-order valence-electron chi connectivity index (χ2n) is 6.07. The molecule has 1 amide bonds. The van der Waals surface area contributed by atoms with Crippen LogP contribution >= 0.6 is 11.3 Å². The highest BCUT2D eigenvalue weighted by atomic mass is 32.1. The third-order valence-electron chi connectivity index (χ3n) is 4.43. The van der Waals surface area contributed by atoms with Crippen LogP contribution in [0, 0.1) is 0 Å². The van der Waals surface area contributed by atoms with Crippen molar-refractivity contribution in [1.82, 2.24) is 4.90 Å². The summed E-state index contributed by atoms with van der Waals surface area (Å²) in [7, 11) is 1.54. The molecule has 1 saturated heterocycles. The Kier molecular flexibility index (Phi) is 6.45. The van der Waals surface area contributed by atoms with Crippen molar-refractivity contribution in [3.05, 3.63) is 57.8 Å². The minimum atomic E-state index is -0.728. The van der Waals surface area contributed by atoms with E-state index in [-0.39, 0.29) is 37.7 Å². The van der Waals surface area contributed by atoms with E-state index in [2.05, 4.69) is 0 Å². The van der Waals surface area contributed by atoms with Crippen LogP contribution in [0.15, 0.2) is 47.4 Å². The number of carbonyl (C=O) groups excluding carboxylic acids is 2. The van der Waals surface area contributed by atoms with Crippen molar-refractivity contribution in [3.63, 3.8) is 0 Å². The highest BCUT2D eigenvalue weighted by Gasteiger charge is 2.46. The second kappa shape index (κ2) is 9.01. The number of nitrogens with zero attached hydrogens (tertiary/aromatic N) is 1. The van der Waals surface area contributed by atoms with Crippen molar-refractivity contribution < 1.29 is 29.3 Å². The molecule has 1 aliphatic rings. The largest absolute Gasteiger partial charge is 0.507 e. The van der Waals surface area contributed by atoms with Crippen LogP contribution < -0.4 is 4.74 Å². The van der Waals surface area contributed by atoms with Gasteiger partial charge in [-0.15, -0.1) is 11.3 Å². The van der Waals surface area contributed by atoms with Crippen molar-refractivity contribution in [2.75, 3.05) is 33.5 Å². The van der Waals surface area contributed by atoms with E-state index < -0.39 is 17.7 Å². The summed E-state index contributed by atoms with van der Waals surface area (Å²) in [5.74, 6) is -1.01. The van der Waals surface area contributed by atoms with Gasteiger partial charge in [-0.3, -0.25) is 9.59 Å². The molecule has 1 aromatic heterocycles. The predicted octanol–water partition coefficient (Wildman–Crippen LogP) is 2.19. The lowest BCUT2D eigenvalue weighted by Gasteiger charge is -2.23. The Balaban J connectivity index is 1.99. The fourth-order valence-corrected chi connectivity index (χ4v) is 3.93. The van der Waals surface area contributed by atoms with Gasteiger partial charge in [-0.2, -0.15) is 0 Å². The minimum Gasteiger partial charge on any atom is -0.507 e. The zero-order valence-electron chi connectivity index (χ0n) is 15.3. The first kappa shape index (κ1) is 20.1. The molecule has 1 unspecified atom stereocenters. The SMILES string of the molecule is COc1ccc(/C(O)=C2\C(=O)C(=O)N(CCOCCO)C2c2cccs2)cc1. The molecule has 2 heterocycles. The third kappa shape index (κ3) is 3.94. The number of Topliss-reactive ketones (excluding diaryl/α,β-unsaturated/α-hetero) is 1. The molecule has 148 valence electrons. The van der Waals surface area contributed by atoms with E-state index in [9.17, 15) is 14.7 Å². The number of ketones is 1. The quantitative estimate of drug-likeness (QED) is 0.304. The molecular weight excluding hydrogens is 382 g/mol. The van der Waals surface area contributed by atoms with Crippen LogP contribution in [0.3, 0.4) is 0 Å². The number of hydrogen-bond acceptors (Lipinski definition) is 7.